The lowest BCUT2D eigenvalue weighted by atomic mass is 10.2. The highest BCUT2D eigenvalue weighted by Gasteiger charge is 2.20. The topological polar surface area (TPSA) is 63.4 Å². The predicted octanol–water partition coefficient (Wildman–Crippen LogP) is 3.73. The van der Waals surface area contributed by atoms with Gasteiger partial charge in [0.05, 0.1) is 17.3 Å². The van der Waals surface area contributed by atoms with Crippen LogP contribution in [0.4, 0.5) is 5.69 Å². The Balaban J connectivity index is 1.99. The number of rotatable bonds is 5. The molecule has 0 saturated carbocycles. The minimum Gasteiger partial charge on any atom is -0.303 e. The fourth-order valence-electron chi connectivity index (χ4n) is 2.74. The van der Waals surface area contributed by atoms with E-state index in [0.29, 0.717) is 28.7 Å². The fraction of sp³-hybridized carbons (Fsp3) is 0.333. The van der Waals surface area contributed by atoms with Crippen molar-refractivity contribution in [1.82, 2.24) is 19.6 Å². The van der Waals surface area contributed by atoms with Gasteiger partial charge in [-0.2, -0.15) is 4.98 Å². The van der Waals surface area contributed by atoms with Gasteiger partial charge in [0.2, 0.25) is 5.91 Å². The van der Waals surface area contributed by atoms with E-state index in [9.17, 15) is 4.79 Å². The molecular formula is C18H20ClN5O. The number of para-hydroxylation sites is 1. The Labute approximate surface area is 151 Å². The molecule has 3 aromatic rings. The first-order valence-corrected chi connectivity index (χ1v) is 8.62. The Kier molecular flexibility index (Phi) is 4.99. The van der Waals surface area contributed by atoms with E-state index in [1.165, 1.54) is 0 Å². The third kappa shape index (κ3) is 3.64. The Bertz CT molecular complexity index is 921. The molecule has 3 rings (SSSR count). The number of carbonyl (C=O) groups is 1. The van der Waals surface area contributed by atoms with E-state index in [0.717, 1.165) is 17.8 Å². The molecule has 0 atom stereocenters. The van der Waals surface area contributed by atoms with Crippen LogP contribution in [0.25, 0.3) is 5.78 Å². The normalized spacial score (nSPS) is 11.0. The number of carbonyl (C=O) groups excluding carboxylic acids is 1. The smallest absolute Gasteiger partial charge is 0.252 e. The van der Waals surface area contributed by atoms with Crippen molar-refractivity contribution in [3.05, 3.63) is 52.6 Å². The molecule has 2 aromatic heterocycles. The Morgan fingerprint density at radius 3 is 2.72 bits per heavy atom. The Morgan fingerprint density at radius 2 is 2.00 bits per heavy atom. The van der Waals surface area contributed by atoms with Gasteiger partial charge in [0, 0.05) is 17.8 Å². The minimum atomic E-state index is -0.00434. The summed E-state index contributed by atoms with van der Waals surface area (Å²) in [6, 6.07) is 9.25. The maximum Gasteiger partial charge on any atom is 0.252 e. The lowest BCUT2D eigenvalue weighted by molar-refractivity contribution is -0.118. The summed E-state index contributed by atoms with van der Waals surface area (Å²) in [6.45, 7) is 6.10. The van der Waals surface area contributed by atoms with Crippen LogP contribution in [0.3, 0.4) is 0 Å². The van der Waals surface area contributed by atoms with Crippen molar-refractivity contribution >= 4 is 29.0 Å². The van der Waals surface area contributed by atoms with Crippen molar-refractivity contribution < 1.29 is 4.79 Å². The molecule has 0 aliphatic carbocycles. The average molecular weight is 358 g/mol. The number of anilines is 1. The van der Waals surface area contributed by atoms with Crippen LogP contribution in [-0.2, 0) is 11.3 Å². The molecule has 0 N–H and O–H groups in total. The van der Waals surface area contributed by atoms with Crippen LogP contribution in [0.1, 0.15) is 37.0 Å². The van der Waals surface area contributed by atoms with E-state index in [2.05, 4.69) is 15.1 Å². The number of hydrogen-bond donors (Lipinski definition) is 0. The average Bonchev–Trinajstić information content (AvgIpc) is 2.96. The maximum atomic E-state index is 12.6. The molecule has 1 aromatic carbocycles. The second-order valence-electron chi connectivity index (χ2n) is 5.96. The van der Waals surface area contributed by atoms with Gasteiger partial charge in [-0.3, -0.25) is 4.79 Å². The second-order valence-corrected chi connectivity index (χ2v) is 6.37. The molecular weight excluding hydrogens is 338 g/mol. The summed E-state index contributed by atoms with van der Waals surface area (Å²) in [6.07, 6.45) is 1.20. The zero-order valence-corrected chi connectivity index (χ0v) is 15.3. The molecule has 130 valence electrons. The predicted molar refractivity (Wildman–Crippen MR) is 97.8 cm³/mol. The molecule has 0 fully saturated rings. The van der Waals surface area contributed by atoms with E-state index < -0.39 is 0 Å². The summed E-state index contributed by atoms with van der Waals surface area (Å²) in [5.74, 6) is 1.07. The van der Waals surface area contributed by atoms with E-state index in [4.69, 9.17) is 11.6 Å². The number of aryl methyl sites for hydroxylation is 2. The SMILES string of the molecule is CCCC(=O)N(Cc1nc2nc(C)cc(C)n2n1)c1ccccc1Cl. The lowest BCUT2D eigenvalue weighted by Crippen LogP contribution is -2.30. The summed E-state index contributed by atoms with van der Waals surface area (Å²) >= 11 is 6.30. The zero-order valence-electron chi connectivity index (χ0n) is 14.5. The van der Waals surface area contributed by atoms with Gasteiger partial charge in [0.15, 0.2) is 5.82 Å². The van der Waals surface area contributed by atoms with Gasteiger partial charge in [-0.15, -0.1) is 5.10 Å². The van der Waals surface area contributed by atoms with Crippen molar-refractivity contribution in [2.75, 3.05) is 4.90 Å². The zero-order chi connectivity index (χ0) is 18.0. The van der Waals surface area contributed by atoms with Gasteiger partial charge < -0.3 is 4.90 Å². The van der Waals surface area contributed by atoms with Crippen molar-refractivity contribution in [3.63, 3.8) is 0 Å². The standard InChI is InChI=1S/C18H20ClN5O/c1-4-7-17(25)23(15-9-6-5-8-14(15)19)11-16-21-18-20-12(2)10-13(3)24(18)22-16/h5-6,8-10H,4,7,11H2,1-3H3. The third-order valence-electron chi connectivity index (χ3n) is 3.87. The lowest BCUT2D eigenvalue weighted by Gasteiger charge is -2.22. The molecule has 0 saturated heterocycles. The van der Waals surface area contributed by atoms with Crippen molar-refractivity contribution in [3.8, 4) is 0 Å². The number of aromatic nitrogens is 4. The molecule has 0 bridgehead atoms. The first-order valence-electron chi connectivity index (χ1n) is 8.24. The first kappa shape index (κ1) is 17.4. The molecule has 0 spiro atoms. The van der Waals surface area contributed by atoms with E-state index in [1.807, 2.05) is 45.0 Å². The molecule has 25 heavy (non-hydrogen) atoms. The molecule has 6 nitrogen and oxygen atoms in total. The van der Waals surface area contributed by atoms with Crippen molar-refractivity contribution in [2.24, 2.45) is 0 Å². The summed E-state index contributed by atoms with van der Waals surface area (Å²) < 4.78 is 1.69. The quantitative estimate of drug-likeness (QED) is 0.698. The van der Waals surface area contributed by atoms with Crippen LogP contribution in [0, 0.1) is 13.8 Å². The highest BCUT2D eigenvalue weighted by atomic mass is 35.5. The molecule has 0 aliphatic rings. The number of fused-ring (bicyclic) bond motifs is 1. The Hall–Kier alpha value is -2.47. The van der Waals surface area contributed by atoms with E-state index >= 15 is 0 Å². The van der Waals surface area contributed by atoms with E-state index in [-0.39, 0.29) is 12.5 Å². The highest BCUT2D eigenvalue weighted by Crippen LogP contribution is 2.27. The molecule has 0 aliphatic heterocycles. The van der Waals surface area contributed by atoms with Crippen LogP contribution in [0.15, 0.2) is 30.3 Å². The number of hydrogen-bond acceptors (Lipinski definition) is 4. The molecule has 0 unspecified atom stereocenters. The highest BCUT2D eigenvalue weighted by molar-refractivity contribution is 6.33. The van der Waals surface area contributed by atoms with Gasteiger partial charge in [0.1, 0.15) is 0 Å². The number of benzene rings is 1. The maximum absolute atomic E-state index is 12.6. The van der Waals surface area contributed by atoms with Crippen LogP contribution < -0.4 is 4.90 Å². The summed E-state index contributed by atoms with van der Waals surface area (Å²) in [5.41, 5.74) is 2.50. The summed E-state index contributed by atoms with van der Waals surface area (Å²) in [5, 5.41) is 5.03. The Morgan fingerprint density at radius 1 is 1.24 bits per heavy atom. The fourth-order valence-corrected chi connectivity index (χ4v) is 2.98. The third-order valence-corrected chi connectivity index (χ3v) is 4.19. The van der Waals surface area contributed by atoms with Gasteiger partial charge in [0.25, 0.3) is 5.78 Å². The summed E-state index contributed by atoms with van der Waals surface area (Å²) in [4.78, 5) is 23.1. The van der Waals surface area contributed by atoms with Gasteiger partial charge in [-0.1, -0.05) is 30.7 Å². The van der Waals surface area contributed by atoms with Gasteiger partial charge in [-0.05, 0) is 38.5 Å². The number of halogens is 1. The molecule has 0 radical (unpaired) electrons. The van der Waals surface area contributed by atoms with Crippen LogP contribution >= 0.6 is 11.6 Å². The molecule has 2 heterocycles. The first-order chi connectivity index (χ1) is 12.0. The number of amides is 1. The van der Waals surface area contributed by atoms with Crippen molar-refractivity contribution in [1.29, 1.82) is 0 Å². The largest absolute Gasteiger partial charge is 0.303 e. The second kappa shape index (κ2) is 7.19. The minimum absolute atomic E-state index is 0.00434. The number of nitrogens with zero attached hydrogens (tertiary/aromatic N) is 5. The van der Waals surface area contributed by atoms with Gasteiger partial charge in [-0.25, -0.2) is 9.50 Å². The van der Waals surface area contributed by atoms with Crippen molar-refractivity contribution in [2.45, 2.75) is 40.2 Å². The molecule has 1 amide bonds. The van der Waals surface area contributed by atoms with E-state index in [1.54, 1.807) is 15.5 Å². The molecule has 7 heteroatoms. The van der Waals surface area contributed by atoms with Crippen LogP contribution in [0.2, 0.25) is 5.02 Å². The monoisotopic (exact) mass is 357 g/mol. The summed E-state index contributed by atoms with van der Waals surface area (Å²) in [7, 11) is 0. The van der Waals surface area contributed by atoms with Crippen LogP contribution in [0.5, 0.6) is 0 Å². The van der Waals surface area contributed by atoms with Gasteiger partial charge >= 0.3 is 0 Å². The van der Waals surface area contributed by atoms with Crippen LogP contribution in [-0.4, -0.2) is 25.5 Å².